The maximum Gasteiger partial charge on any atom is 0.137 e. The normalized spacial score (nSPS) is 25.1. The lowest BCUT2D eigenvalue weighted by Crippen LogP contribution is -2.45. The van der Waals surface area contributed by atoms with Gasteiger partial charge in [0.05, 0.1) is 18.8 Å². The average Bonchev–Trinajstić information content (AvgIpc) is 3.05. The fourth-order valence-electron chi connectivity index (χ4n) is 2.17. The van der Waals surface area contributed by atoms with E-state index < -0.39 is 5.60 Å². The molecule has 0 spiro atoms. The molecule has 0 aliphatic carbocycles. The largest absolute Gasteiger partial charge is 0.390 e. The molecular weight excluding hydrogens is 256 g/mol. The van der Waals surface area contributed by atoms with Crippen molar-refractivity contribution in [1.29, 1.82) is 0 Å². The minimum Gasteiger partial charge on any atom is -0.390 e. The summed E-state index contributed by atoms with van der Waals surface area (Å²) in [6.07, 6.45) is 0.634. The van der Waals surface area contributed by atoms with Gasteiger partial charge in [-0.25, -0.2) is 0 Å². The highest BCUT2D eigenvalue weighted by Crippen LogP contribution is 2.45. The van der Waals surface area contributed by atoms with Crippen molar-refractivity contribution in [3.05, 3.63) is 0 Å². The summed E-state index contributed by atoms with van der Waals surface area (Å²) in [4.78, 5) is 5.58. The molecule has 1 aliphatic rings. The van der Waals surface area contributed by atoms with Crippen molar-refractivity contribution in [3.8, 4) is 0 Å². The predicted octanol–water partition coefficient (Wildman–Crippen LogP) is 1.62. The van der Waals surface area contributed by atoms with Crippen LogP contribution < -0.4 is 5.32 Å². The maximum absolute atomic E-state index is 9.77. The van der Waals surface area contributed by atoms with E-state index in [1.807, 2.05) is 27.9 Å². The smallest absolute Gasteiger partial charge is 0.137 e. The molecule has 1 rings (SSSR count). The fourth-order valence-corrected chi connectivity index (χ4v) is 2.17. The van der Waals surface area contributed by atoms with E-state index >= 15 is 0 Å². The summed E-state index contributed by atoms with van der Waals surface area (Å²) in [6, 6.07) is 0. The van der Waals surface area contributed by atoms with Gasteiger partial charge >= 0.3 is 0 Å². The highest BCUT2D eigenvalue weighted by atomic mass is 16.7. The fraction of sp³-hybridized carbons (Fsp3) is 1.00. The van der Waals surface area contributed by atoms with E-state index in [0.29, 0.717) is 25.6 Å². The van der Waals surface area contributed by atoms with Crippen LogP contribution in [0.3, 0.4) is 0 Å². The van der Waals surface area contributed by atoms with Crippen LogP contribution in [0.25, 0.3) is 0 Å². The van der Waals surface area contributed by atoms with Crippen molar-refractivity contribution in [3.63, 3.8) is 0 Å². The average molecular weight is 288 g/mol. The third-order valence-corrected chi connectivity index (χ3v) is 4.42. The summed E-state index contributed by atoms with van der Waals surface area (Å²) in [6.45, 7) is 12.3. The number of nitrogens with one attached hydrogen (secondary N) is 1. The van der Waals surface area contributed by atoms with Gasteiger partial charge < -0.3 is 9.84 Å². The summed E-state index contributed by atoms with van der Waals surface area (Å²) in [7, 11) is 3.79. The highest BCUT2D eigenvalue weighted by Gasteiger charge is 2.57. The second kappa shape index (κ2) is 6.28. The van der Waals surface area contributed by atoms with Crippen LogP contribution in [0.5, 0.6) is 0 Å². The molecule has 2 unspecified atom stereocenters. The second-order valence-corrected chi connectivity index (χ2v) is 7.32. The van der Waals surface area contributed by atoms with Gasteiger partial charge in [0, 0.05) is 26.1 Å². The van der Waals surface area contributed by atoms with Crippen LogP contribution in [-0.2, 0) is 9.57 Å². The van der Waals surface area contributed by atoms with Gasteiger partial charge in [0.15, 0.2) is 0 Å². The third-order valence-electron chi connectivity index (χ3n) is 4.42. The quantitative estimate of drug-likeness (QED) is 0.498. The van der Waals surface area contributed by atoms with Gasteiger partial charge in [-0.05, 0) is 26.2 Å². The van der Waals surface area contributed by atoms with E-state index in [9.17, 15) is 5.11 Å². The molecule has 2 N–H and O–H groups in total. The van der Waals surface area contributed by atoms with Crippen LogP contribution in [0, 0.1) is 11.3 Å². The predicted molar refractivity (Wildman–Crippen MR) is 80.2 cm³/mol. The molecule has 0 aromatic rings. The van der Waals surface area contributed by atoms with Crippen LogP contribution in [0.1, 0.15) is 41.0 Å². The van der Waals surface area contributed by atoms with E-state index in [-0.39, 0.29) is 11.1 Å². The second-order valence-electron chi connectivity index (χ2n) is 7.32. The molecule has 5 heteroatoms. The summed E-state index contributed by atoms with van der Waals surface area (Å²) in [5.41, 5.74) is -1.00. The lowest BCUT2D eigenvalue weighted by molar-refractivity contribution is -0.161. The number of nitrogens with zero attached hydrogens (tertiary/aromatic N) is 1. The summed E-state index contributed by atoms with van der Waals surface area (Å²) >= 11 is 0. The zero-order valence-corrected chi connectivity index (χ0v) is 14.1. The van der Waals surface area contributed by atoms with Gasteiger partial charge in [0.1, 0.15) is 5.72 Å². The summed E-state index contributed by atoms with van der Waals surface area (Å²) in [5, 5.41) is 14.9. The molecule has 0 radical (unpaired) electrons. The molecule has 0 amide bonds. The number of hydrogen-bond acceptors (Lipinski definition) is 5. The lowest BCUT2D eigenvalue weighted by atomic mass is 9.75. The molecule has 1 aliphatic heterocycles. The van der Waals surface area contributed by atoms with Crippen LogP contribution in [-0.4, -0.2) is 55.3 Å². The van der Waals surface area contributed by atoms with Gasteiger partial charge in [-0.15, -0.1) is 0 Å². The van der Waals surface area contributed by atoms with Crippen molar-refractivity contribution in [2.45, 2.75) is 52.4 Å². The number of aliphatic hydroxyl groups is 1. The molecule has 0 aromatic heterocycles. The Hall–Kier alpha value is -0.200. The number of ether oxygens (including phenoxy) is 1. The van der Waals surface area contributed by atoms with E-state index in [2.05, 4.69) is 26.1 Å². The zero-order chi connectivity index (χ0) is 15.6. The topological polar surface area (TPSA) is 63.9 Å². The van der Waals surface area contributed by atoms with E-state index in [1.54, 1.807) is 5.06 Å². The van der Waals surface area contributed by atoms with E-state index in [0.717, 1.165) is 6.54 Å². The van der Waals surface area contributed by atoms with Crippen LogP contribution in [0.4, 0.5) is 0 Å². The van der Waals surface area contributed by atoms with Gasteiger partial charge in [-0.3, -0.25) is 10.2 Å². The zero-order valence-electron chi connectivity index (χ0n) is 14.1. The first-order chi connectivity index (χ1) is 9.00. The lowest BCUT2D eigenvalue weighted by Gasteiger charge is -2.39. The Balaban J connectivity index is 2.52. The van der Waals surface area contributed by atoms with Crippen LogP contribution >= 0.6 is 0 Å². The SMILES string of the molecule is CC(CON(C)C)C(C)(C)C1(OCCC(C)(C)O)CN1. The molecule has 5 nitrogen and oxygen atoms in total. The Morgan fingerprint density at radius 1 is 1.30 bits per heavy atom. The Bertz CT molecular complexity index is 307. The molecular formula is C15H32N2O3. The molecule has 0 aromatic carbocycles. The van der Waals surface area contributed by atoms with Crippen LogP contribution in [0.2, 0.25) is 0 Å². The Labute approximate surface area is 123 Å². The first-order valence-corrected chi connectivity index (χ1v) is 7.42. The van der Waals surface area contributed by atoms with Crippen molar-refractivity contribution in [1.82, 2.24) is 10.4 Å². The summed E-state index contributed by atoms with van der Waals surface area (Å²) in [5.74, 6) is 0.349. The van der Waals surface area contributed by atoms with Crippen molar-refractivity contribution in [2.24, 2.45) is 11.3 Å². The minimum absolute atomic E-state index is 0.0391. The molecule has 1 heterocycles. The van der Waals surface area contributed by atoms with Crippen LogP contribution in [0.15, 0.2) is 0 Å². The molecule has 2 atom stereocenters. The number of hydrogen-bond donors (Lipinski definition) is 2. The number of hydroxylamine groups is 2. The van der Waals surface area contributed by atoms with Crippen molar-refractivity contribution >= 4 is 0 Å². The van der Waals surface area contributed by atoms with Gasteiger partial charge in [0.2, 0.25) is 0 Å². The number of rotatable bonds is 9. The first kappa shape index (κ1) is 17.9. The van der Waals surface area contributed by atoms with Crippen molar-refractivity contribution < 1.29 is 14.7 Å². The maximum atomic E-state index is 9.77. The first-order valence-electron chi connectivity index (χ1n) is 7.42. The Kier molecular flexibility index (Phi) is 5.60. The Morgan fingerprint density at radius 3 is 2.25 bits per heavy atom. The monoisotopic (exact) mass is 288 g/mol. The molecule has 20 heavy (non-hydrogen) atoms. The van der Waals surface area contributed by atoms with E-state index in [4.69, 9.17) is 9.57 Å². The standard InChI is InChI=1S/C15H32N2O3/c1-12(10-20-17(6)7)14(4,5)15(11-16-15)19-9-8-13(2,3)18/h12,16,18H,8-11H2,1-7H3. The minimum atomic E-state index is -0.681. The van der Waals surface area contributed by atoms with Gasteiger partial charge in [-0.1, -0.05) is 20.8 Å². The van der Waals surface area contributed by atoms with Gasteiger partial charge in [-0.2, -0.15) is 5.06 Å². The summed E-state index contributed by atoms with van der Waals surface area (Å²) < 4.78 is 6.07. The molecule has 1 saturated heterocycles. The molecule has 120 valence electrons. The Morgan fingerprint density at radius 2 is 1.85 bits per heavy atom. The molecule has 0 saturated carbocycles. The highest BCUT2D eigenvalue weighted by molar-refractivity contribution is 5.07. The molecule has 0 bridgehead atoms. The van der Waals surface area contributed by atoms with Gasteiger partial charge in [0.25, 0.3) is 0 Å². The van der Waals surface area contributed by atoms with Crippen molar-refractivity contribution in [2.75, 3.05) is 33.9 Å². The molecule has 1 fully saturated rings. The van der Waals surface area contributed by atoms with E-state index in [1.165, 1.54) is 0 Å². The third kappa shape index (κ3) is 4.67.